The van der Waals surface area contributed by atoms with Gasteiger partial charge in [0, 0.05) is 17.2 Å². The highest BCUT2D eigenvalue weighted by molar-refractivity contribution is 7.10. The first kappa shape index (κ1) is 13.7. The standard InChI is InChI=1S/C17H20O2S/c1-19-16-7-3-2-5-12(16)11-15(18)13-6-4-8-17-14(13)9-10-20-17/h2-3,5,7,9-10,13,15,18H,4,6,8,11H2,1H3. The average molecular weight is 288 g/mol. The Labute approximate surface area is 124 Å². The summed E-state index contributed by atoms with van der Waals surface area (Å²) < 4.78 is 5.38. The number of para-hydroxylation sites is 1. The summed E-state index contributed by atoms with van der Waals surface area (Å²) in [7, 11) is 1.68. The molecule has 0 amide bonds. The van der Waals surface area contributed by atoms with Crippen LogP contribution in [0.5, 0.6) is 5.75 Å². The van der Waals surface area contributed by atoms with Gasteiger partial charge in [0.1, 0.15) is 5.75 Å². The molecule has 2 unspecified atom stereocenters. The van der Waals surface area contributed by atoms with Gasteiger partial charge in [0.15, 0.2) is 0 Å². The first-order valence-corrected chi connectivity index (χ1v) is 8.04. The Morgan fingerprint density at radius 2 is 2.20 bits per heavy atom. The van der Waals surface area contributed by atoms with Gasteiger partial charge in [-0.1, -0.05) is 18.2 Å². The van der Waals surface area contributed by atoms with Crippen molar-refractivity contribution in [3.63, 3.8) is 0 Å². The molecule has 0 saturated heterocycles. The van der Waals surface area contributed by atoms with Crippen LogP contribution in [0.15, 0.2) is 35.7 Å². The van der Waals surface area contributed by atoms with Gasteiger partial charge in [-0.3, -0.25) is 0 Å². The predicted molar refractivity (Wildman–Crippen MR) is 82.7 cm³/mol. The summed E-state index contributed by atoms with van der Waals surface area (Å²) >= 11 is 1.82. The molecule has 0 bridgehead atoms. The Morgan fingerprint density at radius 3 is 3.05 bits per heavy atom. The Hall–Kier alpha value is -1.32. The molecule has 1 N–H and O–H groups in total. The third kappa shape index (κ3) is 2.60. The molecule has 0 radical (unpaired) electrons. The quantitative estimate of drug-likeness (QED) is 0.927. The van der Waals surface area contributed by atoms with Gasteiger partial charge >= 0.3 is 0 Å². The number of aliphatic hydroxyl groups is 1. The number of hydrogen-bond donors (Lipinski definition) is 1. The molecule has 2 atom stereocenters. The van der Waals surface area contributed by atoms with Crippen LogP contribution in [0.1, 0.15) is 34.8 Å². The number of fused-ring (bicyclic) bond motifs is 1. The molecule has 3 rings (SSSR count). The number of rotatable bonds is 4. The second kappa shape index (κ2) is 5.98. The molecule has 1 aliphatic carbocycles. The van der Waals surface area contributed by atoms with Crippen LogP contribution < -0.4 is 4.74 Å². The molecule has 1 heterocycles. The van der Waals surface area contributed by atoms with E-state index < -0.39 is 0 Å². The largest absolute Gasteiger partial charge is 0.496 e. The zero-order valence-corrected chi connectivity index (χ0v) is 12.5. The molecule has 0 spiro atoms. The van der Waals surface area contributed by atoms with E-state index in [0.717, 1.165) is 17.7 Å². The van der Waals surface area contributed by atoms with E-state index in [0.29, 0.717) is 6.42 Å². The summed E-state index contributed by atoms with van der Waals surface area (Å²) in [5.41, 5.74) is 2.45. The Kier molecular flexibility index (Phi) is 4.08. The van der Waals surface area contributed by atoms with Gasteiger partial charge in [0.05, 0.1) is 13.2 Å². The van der Waals surface area contributed by atoms with E-state index in [9.17, 15) is 5.11 Å². The van der Waals surface area contributed by atoms with Gasteiger partial charge in [-0.15, -0.1) is 11.3 Å². The van der Waals surface area contributed by atoms with Gasteiger partial charge in [0.25, 0.3) is 0 Å². The molecule has 106 valence electrons. The maximum absolute atomic E-state index is 10.7. The number of aryl methyl sites for hydroxylation is 1. The summed E-state index contributed by atoms with van der Waals surface area (Å²) in [6, 6.07) is 10.2. The van der Waals surface area contributed by atoms with Crippen LogP contribution in [0, 0.1) is 0 Å². The number of hydrogen-bond acceptors (Lipinski definition) is 3. The van der Waals surface area contributed by atoms with Crippen LogP contribution >= 0.6 is 11.3 Å². The SMILES string of the molecule is COc1ccccc1CC(O)C1CCCc2sccc21. The van der Waals surface area contributed by atoms with Crippen molar-refractivity contribution in [2.45, 2.75) is 37.7 Å². The lowest BCUT2D eigenvalue weighted by Gasteiger charge is -2.27. The van der Waals surface area contributed by atoms with E-state index in [1.54, 1.807) is 7.11 Å². The minimum absolute atomic E-state index is 0.273. The third-order valence-electron chi connectivity index (χ3n) is 4.18. The second-order valence-corrected chi connectivity index (χ2v) is 6.38. The summed E-state index contributed by atoms with van der Waals surface area (Å²) in [4.78, 5) is 1.46. The van der Waals surface area contributed by atoms with E-state index in [1.165, 1.54) is 23.3 Å². The van der Waals surface area contributed by atoms with Crippen LogP contribution in [0.25, 0.3) is 0 Å². The van der Waals surface area contributed by atoms with Crippen molar-refractivity contribution in [1.82, 2.24) is 0 Å². The highest BCUT2D eigenvalue weighted by atomic mass is 32.1. The number of ether oxygens (including phenoxy) is 1. The smallest absolute Gasteiger partial charge is 0.122 e. The molecule has 1 aliphatic rings. The molecule has 2 nitrogen and oxygen atoms in total. The monoisotopic (exact) mass is 288 g/mol. The highest BCUT2D eigenvalue weighted by Crippen LogP contribution is 2.38. The molecule has 0 fully saturated rings. The minimum Gasteiger partial charge on any atom is -0.496 e. The number of benzene rings is 1. The molecule has 2 aromatic rings. The first-order chi connectivity index (χ1) is 9.79. The lowest BCUT2D eigenvalue weighted by Crippen LogP contribution is -2.24. The van der Waals surface area contributed by atoms with Gasteiger partial charge in [0.2, 0.25) is 0 Å². The number of thiophene rings is 1. The molecular weight excluding hydrogens is 268 g/mol. The van der Waals surface area contributed by atoms with Gasteiger partial charge in [-0.05, 0) is 47.9 Å². The topological polar surface area (TPSA) is 29.5 Å². The lowest BCUT2D eigenvalue weighted by atomic mass is 9.82. The van der Waals surface area contributed by atoms with Crippen molar-refractivity contribution in [3.8, 4) is 5.75 Å². The van der Waals surface area contributed by atoms with E-state index in [-0.39, 0.29) is 12.0 Å². The van der Waals surface area contributed by atoms with Crippen LogP contribution in [-0.2, 0) is 12.8 Å². The second-order valence-electron chi connectivity index (χ2n) is 5.38. The molecule has 3 heteroatoms. The molecule has 20 heavy (non-hydrogen) atoms. The fraction of sp³-hybridized carbons (Fsp3) is 0.412. The minimum atomic E-state index is -0.333. The van der Waals surface area contributed by atoms with Crippen molar-refractivity contribution in [3.05, 3.63) is 51.7 Å². The first-order valence-electron chi connectivity index (χ1n) is 7.16. The Morgan fingerprint density at radius 1 is 1.35 bits per heavy atom. The molecular formula is C17H20O2S. The fourth-order valence-corrected chi connectivity index (χ4v) is 4.16. The lowest BCUT2D eigenvalue weighted by molar-refractivity contribution is 0.134. The van der Waals surface area contributed by atoms with E-state index in [1.807, 2.05) is 35.6 Å². The van der Waals surface area contributed by atoms with E-state index in [2.05, 4.69) is 11.4 Å². The average Bonchev–Trinajstić information content (AvgIpc) is 2.96. The molecule has 0 saturated carbocycles. The Balaban J connectivity index is 1.79. The van der Waals surface area contributed by atoms with Gasteiger partial charge in [-0.25, -0.2) is 0 Å². The number of aliphatic hydroxyl groups excluding tert-OH is 1. The zero-order valence-electron chi connectivity index (χ0n) is 11.7. The van der Waals surface area contributed by atoms with E-state index >= 15 is 0 Å². The number of methoxy groups -OCH3 is 1. The highest BCUT2D eigenvalue weighted by Gasteiger charge is 2.28. The van der Waals surface area contributed by atoms with Crippen LogP contribution in [0.2, 0.25) is 0 Å². The molecule has 0 aliphatic heterocycles. The fourth-order valence-electron chi connectivity index (χ4n) is 3.16. The summed E-state index contributed by atoms with van der Waals surface area (Å²) in [5, 5.41) is 12.8. The Bertz CT molecular complexity index is 576. The van der Waals surface area contributed by atoms with Crippen molar-refractivity contribution in [1.29, 1.82) is 0 Å². The van der Waals surface area contributed by atoms with Gasteiger partial charge < -0.3 is 9.84 Å². The summed E-state index contributed by atoms with van der Waals surface area (Å²) in [6.45, 7) is 0. The van der Waals surface area contributed by atoms with Crippen LogP contribution in [0.4, 0.5) is 0 Å². The summed E-state index contributed by atoms with van der Waals surface area (Å²) in [6.07, 6.45) is 3.76. The molecule has 1 aromatic heterocycles. The summed E-state index contributed by atoms with van der Waals surface area (Å²) in [5.74, 6) is 1.14. The van der Waals surface area contributed by atoms with Crippen molar-refractivity contribution in [2.24, 2.45) is 0 Å². The maximum Gasteiger partial charge on any atom is 0.122 e. The van der Waals surface area contributed by atoms with Crippen molar-refractivity contribution < 1.29 is 9.84 Å². The van der Waals surface area contributed by atoms with E-state index in [4.69, 9.17) is 4.74 Å². The van der Waals surface area contributed by atoms with Crippen LogP contribution in [0.3, 0.4) is 0 Å². The van der Waals surface area contributed by atoms with Gasteiger partial charge in [-0.2, -0.15) is 0 Å². The van der Waals surface area contributed by atoms with Crippen LogP contribution in [-0.4, -0.2) is 18.3 Å². The van der Waals surface area contributed by atoms with Crippen molar-refractivity contribution in [2.75, 3.05) is 7.11 Å². The predicted octanol–water partition coefficient (Wildman–Crippen LogP) is 3.78. The van der Waals surface area contributed by atoms with Crippen molar-refractivity contribution >= 4 is 11.3 Å². The zero-order chi connectivity index (χ0) is 13.9. The maximum atomic E-state index is 10.7. The normalized spacial score (nSPS) is 19.4. The third-order valence-corrected chi connectivity index (χ3v) is 5.18. The molecule has 1 aromatic carbocycles.